The van der Waals surface area contributed by atoms with Crippen LogP contribution in [0.25, 0.3) is 21.9 Å². The van der Waals surface area contributed by atoms with E-state index in [0.29, 0.717) is 42.3 Å². The number of carbonyl (C=O) groups excluding carboxylic acids is 5. The molecule has 5 amide bonds. The van der Waals surface area contributed by atoms with Gasteiger partial charge in [0, 0.05) is 69.2 Å². The lowest BCUT2D eigenvalue weighted by Crippen LogP contribution is -2.54. The number of benzene rings is 2. The van der Waals surface area contributed by atoms with E-state index in [0.717, 1.165) is 52.9 Å². The molecule has 16 heteroatoms. The minimum Gasteiger partial charge on any atom is -0.496 e. The highest BCUT2D eigenvalue weighted by Gasteiger charge is 2.46. The zero-order valence-corrected chi connectivity index (χ0v) is 33.3. The summed E-state index contributed by atoms with van der Waals surface area (Å²) in [7, 11) is 5.03. The van der Waals surface area contributed by atoms with E-state index >= 15 is 0 Å². The average molecular weight is 807 g/mol. The minimum absolute atomic E-state index is 0.00724. The molecule has 2 unspecified atom stereocenters. The van der Waals surface area contributed by atoms with Gasteiger partial charge in [-0.25, -0.2) is 0 Å². The van der Waals surface area contributed by atoms with Gasteiger partial charge in [0.25, 0.3) is 17.4 Å². The molecule has 3 fully saturated rings. The third-order valence-corrected chi connectivity index (χ3v) is 12.0. The average Bonchev–Trinajstić information content (AvgIpc) is 3.92. The standard InChI is InChI=1S/C43H46N6O10/c1-46-22-32(28-8-12-44-21-31(28)40(46)53)26-18-35(56-2)33(36(19-26)57-3)23-47-13-10-43(24-47)11-14-48(25-43)38(51)9-15-58-16-17-59-27-4-5-29-30(20-27)42(55)49(41(29)54)34-6-7-37(50)45-39(34)52/h4-5,8,12,18-22,34H,6-7,9-11,13-17,23-25H2,1-3H3,(H,45,50,52). The molecule has 0 radical (unpaired) electrons. The summed E-state index contributed by atoms with van der Waals surface area (Å²) < 4.78 is 24.9. The number of nitrogens with zero attached hydrogens (tertiary/aromatic N) is 5. The van der Waals surface area contributed by atoms with Crippen LogP contribution < -0.4 is 25.1 Å². The summed E-state index contributed by atoms with van der Waals surface area (Å²) in [5.41, 5.74) is 2.88. The van der Waals surface area contributed by atoms with Crippen LogP contribution in [0.15, 0.2) is 59.8 Å². The van der Waals surface area contributed by atoms with E-state index in [1.165, 1.54) is 12.1 Å². The molecular formula is C43H46N6O10. The fourth-order valence-electron chi connectivity index (χ4n) is 8.88. The summed E-state index contributed by atoms with van der Waals surface area (Å²) in [4.78, 5) is 85.3. The molecule has 0 bridgehead atoms. The Morgan fingerprint density at radius 1 is 0.881 bits per heavy atom. The van der Waals surface area contributed by atoms with Gasteiger partial charge in [-0.15, -0.1) is 0 Å². The van der Waals surface area contributed by atoms with Gasteiger partial charge in [-0.1, -0.05) is 0 Å². The zero-order chi connectivity index (χ0) is 41.4. The van der Waals surface area contributed by atoms with Crippen LogP contribution in [0.1, 0.15) is 58.4 Å². The van der Waals surface area contributed by atoms with Crippen LogP contribution in [-0.2, 0) is 32.7 Å². The second-order valence-corrected chi connectivity index (χ2v) is 15.6. The lowest BCUT2D eigenvalue weighted by molar-refractivity contribution is -0.136. The largest absolute Gasteiger partial charge is 0.496 e. The molecular weight excluding hydrogens is 761 g/mol. The fourth-order valence-corrected chi connectivity index (χ4v) is 8.88. The summed E-state index contributed by atoms with van der Waals surface area (Å²) in [6, 6.07) is 9.33. The van der Waals surface area contributed by atoms with Crippen molar-refractivity contribution in [3.8, 4) is 28.4 Å². The van der Waals surface area contributed by atoms with E-state index in [1.54, 1.807) is 44.3 Å². The third-order valence-electron chi connectivity index (χ3n) is 12.0. The molecule has 4 aliphatic heterocycles. The fraction of sp³-hybridized carbons (Fsp3) is 0.419. The molecule has 0 aliphatic carbocycles. The normalized spacial score (nSPS) is 20.5. The maximum absolute atomic E-state index is 13.2. The van der Waals surface area contributed by atoms with Gasteiger partial charge in [0.15, 0.2) is 0 Å². The Kier molecular flexibility index (Phi) is 10.9. The van der Waals surface area contributed by atoms with Crippen molar-refractivity contribution in [3.05, 3.63) is 82.0 Å². The van der Waals surface area contributed by atoms with Crippen molar-refractivity contribution in [1.29, 1.82) is 0 Å². The number of amides is 5. The molecule has 0 saturated carbocycles. The van der Waals surface area contributed by atoms with Gasteiger partial charge in [-0.05, 0) is 73.2 Å². The Morgan fingerprint density at radius 2 is 1.64 bits per heavy atom. The maximum atomic E-state index is 13.2. The third kappa shape index (κ3) is 7.65. The van der Waals surface area contributed by atoms with E-state index < -0.39 is 29.7 Å². The summed E-state index contributed by atoms with van der Waals surface area (Å²) in [5.74, 6) is -0.475. The van der Waals surface area contributed by atoms with Crippen LogP contribution in [0.3, 0.4) is 0 Å². The van der Waals surface area contributed by atoms with Crippen molar-refractivity contribution in [1.82, 2.24) is 29.6 Å². The molecule has 8 rings (SSSR count). The summed E-state index contributed by atoms with van der Waals surface area (Å²) in [6.45, 7) is 4.34. The number of hydrogen-bond donors (Lipinski definition) is 1. The first-order valence-corrected chi connectivity index (χ1v) is 19.7. The molecule has 2 aromatic carbocycles. The molecule has 4 aliphatic rings. The topological polar surface area (TPSA) is 179 Å². The SMILES string of the molecule is COc1cc(-c2cn(C)c(=O)c3cnccc23)cc(OC)c1CN1CCC2(CCN(C(=O)CCOCCOc3ccc4c(c3)C(=O)N(C3CCC(=O)NC3=O)C4=O)C2)C1. The Hall–Kier alpha value is -6.13. The summed E-state index contributed by atoms with van der Waals surface area (Å²) >= 11 is 0. The maximum Gasteiger partial charge on any atom is 0.262 e. The second kappa shape index (κ2) is 16.3. The van der Waals surface area contributed by atoms with Crippen LogP contribution >= 0.6 is 0 Å². The predicted molar refractivity (Wildman–Crippen MR) is 213 cm³/mol. The number of fused-ring (bicyclic) bond motifs is 2. The molecule has 2 atom stereocenters. The van der Waals surface area contributed by atoms with Crippen LogP contribution in [0.2, 0.25) is 0 Å². The predicted octanol–water partition coefficient (Wildman–Crippen LogP) is 2.93. The van der Waals surface area contributed by atoms with Crippen molar-refractivity contribution in [2.45, 2.75) is 44.7 Å². The van der Waals surface area contributed by atoms with Gasteiger partial charge < -0.3 is 28.4 Å². The number of likely N-dealkylation sites (tertiary alicyclic amines) is 2. The summed E-state index contributed by atoms with van der Waals surface area (Å²) in [5, 5.41) is 3.53. The minimum atomic E-state index is -1.04. The first-order valence-electron chi connectivity index (χ1n) is 19.7. The van der Waals surface area contributed by atoms with Crippen LogP contribution in [0, 0.1) is 5.41 Å². The van der Waals surface area contributed by atoms with Crippen molar-refractivity contribution in [3.63, 3.8) is 0 Å². The number of methoxy groups -OCH3 is 2. The van der Waals surface area contributed by atoms with Gasteiger partial charge in [-0.2, -0.15) is 0 Å². The van der Waals surface area contributed by atoms with Gasteiger partial charge in [0.05, 0.1) is 55.9 Å². The number of hydrogen-bond acceptors (Lipinski definition) is 12. The highest BCUT2D eigenvalue weighted by Crippen LogP contribution is 2.43. The molecule has 1 N–H and O–H groups in total. The van der Waals surface area contributed by atoms with Crippen LogP contribution in [-0.4, -0.2) is 120 Å². The first kappa shape index (κ1) is 39.7. The second-order valence-electron chi connectivity index (χ2n) is 15.6. The molecule has 59 heavy (non-hydrogen) atoms. The number of rotatable bonds is 13. The van der Waals surface area contributed by atoms with Gasteiger partial charge >= 0.3 is 0 Å². The zero-order valence-electron chi connectivity index (χ0n) is 33.3. The quantitative estimate of drug-likeness (QED) is 0.155. The van der Waals surface area contributed by atoms with Gasteiger partial charge in [-0.3, -0.25) is 48.9 Å². The number of carbonyl (C=O) groups is 5. The molecule has 308 valence electrons. The van der Waals surface area contributed by atoms with E-state index in [9.17, 15) is 28.8 Å². The molecule has 3 saturated heterocycles. The first-order chi connectivity index (χ1) is 28.5. The van der Waals surface area contributed by atoms with Crippen molar-refractivity contribution < 1.29 is 42.9 Å². The van der Waals surface area contributed by atoms with Gasteiger partial charge in [0.2, 0.25) is 17.7 Å². The number of piperidine rings is 1. The molecule has 4 aromatic rings. The van der Waals surface area contributed by atoms with Crippen molar-refractivity contribution in [2.75, 3.05) is 60.2 Å². The lowest BCUT2D eigenvalue weighted by Gasteiger charge is -2.27. The van der Waals surface area contributed by atoms with Crippen molar-refractivity contribution in [2.24, 2.45) is 12.5 Å². The summed E-state index contributed by atoms with van der Waals surface area (Å²) in [6.07, 6.45) is 7.37. The number of imide groups is 2. The van der Waals surface area contributed by atoms with Crippen molar-refractivity contribution >= 4 is 40.3 Å². The van der Waals surface area contributed by atoms with E-state index in [1.807, 2.05) is 29.3 Å². The van der Waals surface area contributed by atoms with E-state index in [4.69, 9.17) is 18.9 Å². The Balaban J connectivity index is 0.807. The Morgan fingerprint density at radius 3 is 2.41 bits per heavy atom. The molecule has 2 aromatic heterocycles. The van der Waals surface area contributed by atoms with Crippen LogP contribution in [0.4, 0.5) is 0 Å². The number of ether oxygens (including phenoxy) is 4. The molecule has 1 spiro atoms. The van der Waals surface area contributed by atoms with Crippen LogP contribution in [0.5, 0.6) is 17.2 Å². The lowest BCUT2D eigenvalue weighted by atomic mass is 9.86. The monoisotopic (exact) mass is 806 g/mol. The number of nitrogens with one attached hydrogen (secondary N) is 1. The van der Waals surface area contributed by atoms with E-state index in [-0.39, 0.29) is 67.1 Å². The smallest absolute Gasteiger partial charge is 0.262 e. The highest BCUT2D eigenvalue weighted by atomic mass is 16.5. The number of aryl methyl sites for hydroxylation is 1. The Bertz CT molecular complexity index is 2410. The Labute approximate surface area is 339 Å². The van der Waals surface area contributed by atoms with Gasteiger partial charge in [0.1, 0.15) is 29.9 Å². The number of pyridine rings is 2. The van der Waals surface area contributed by atoms with E-state index in [2.05, 4.69) is 15.2 Å². The molecule has 6 heterocycles. The highest BCUT2D eigenvalue weighted by molar-refractivity contribution is 6.23. The number of aromatic nitrogens is 2. The molecule has 16 nitrogen and oxygen atoms in total.